The van der Waals surface area contributed by atoms with Crippen molar-refractivity contribution in [2.75, 3.05) is 6.61 Å². The first kappa shape index (κ1) is 14.9. The second-order valence-electron chi connectivity index (χ2n) is 3.41. The van der Waals surface area contributed by atoms with Crippen molar-refractivity contribution in [2.24, 2.45) is 5.73 Å². The fraction of sp³-hybridized carbons (Fsp3) is 0.417. The van der Waals surface area contributed by atoms with Crippen molar-refractivity contribution in [3.8, 4) is 0 Å². The third-order valence-corrected chi connectivity index (χ3v) is 2.15. The van der Waals surface area contributed by atoms with Gasteiger partial charge < -0.3 is 10.5 Å². The summed E-state index contributed by atoms with van der Waals surface area (Å²) in [6.45, 7) is 2.50. The Balaban J connectivity index is 0.00000225. The molecule has 4 heteroatoms. The molecule has 0 bridgehead atoms. The van der Waals surface area contributed by atoms with E-state index in [0.717, 1.165) is 18.4 Å². The lowest BCUT2D eigenvalue weighted by Gasteiger charge is -2.11. The van der Waals surface area contributed by atoms with Gasteiger partial charge in [0, 0.05) is 0 Å². The average molecular weight is 244 g/mol. The van der Waals surface area contributed by atoms with E-state index in [4.69, 9.17) is 10.5 Å². The van der Waals surface area contributed by atoms with E-state index >= 15 is 0 Å². The maximum atomic E-state index is 11.5. The number of hydrogen-bond donors (Lipinski definition) is 1. The average Bonchev–Trinajstić information content (AvgIpc) is 2.29. The van der Waals surface area contributed by atoms with E-state index in [1.165, 1.54) is 0 Å². The maximum absolute atomic E-state index is 11.5. The summed E-state index contributed by atoms with van der Waals surface area (Å²) in [4.78, 5) is 11.5. The number of esters is 1. The van der Waals surface area contributed by atoms with Crippen molar-refractivity contribution in [1.29, 1.82) is 0 Å². The number of rotatable bonds is 5. The van der Waals surface area contributed by atoms with Gasteiger partial charge in [0.05, 0.1) is 6.61 Å². The summed E-state index contributed by atoms with van der Waals surface area (Å²) in [5.74, 6) is -0.352. The quantitative estimate of drug-likeness (QED) is 0.639. The summed E-state index contributed by atoms with van der Waals surface area (Å²) in [6, 6.07) is 8.59. The van der Waals surface area contributed by atoms with Crippen molar-refractivity contribution >= 4 is 18.4 Å². The minimum absolute atomic E-state index is 0. The first-order valence-electron chi connectivity index (χ1n) is 5.23. The van der Waals surface area contributed by atoms with Crippen LogP contribution in [0.25, 0.3) is 0 Å². The Hall–Kier alpha value is -1.06. The van der Waals surface area contributed by atoms with Gasteiger partial charge in [-0.25, -0.2) is 4.79 Å². The molecule has 1 rings (SSSR count). The molecule has 3 nitrogen and oxygen atoms in total. The molecule has 0 radical (unpaired) electrons. The molecule has 16 heavy (non-hydrogen) atoms. The SMILES string of the molecule is CCCCOC(=O)C(N)c1ccccc1.Cl. The Kier molecular flexibility index (Phi) is 7.60. The molecule has 1 atom stereocenters. The summed E-state index contributed by atoms with van der Waals surface area (Å²) in [5.41, 5.74) is 6.54. The minimum atomic E-state index is -0.664. The summed E-state index contributed by atoms with van der Waals surface area (Å²) in [6.07, 6.45) is 1.89. The largest absolute Gasteiger partial charge is 0.464 e. The number of hydrogen-bond acceptors (Lipinski definition) is 3. The molecule has 0 saturated carbocycles. The Morgan fingerprint density at radius 2 is 2.00 bits per heavy atom. The van der Waals surface area contributed by atoms with Gasteiger partial charge in [-0.15, -0.1) is 12.4 Å². The van der Waals surface area contributed by atoms with Crippen LogP contribution in [-0.2, 0) is 9.53 Å². The predicted molar refractivity (Wildman–Crippen MR) is 66.5 cm³/mol. The molecular weight excluding hydrogens is 226 g/mol. The van der Waals surface area contributed by atoms with Crippen molar-refractivity contribution in [3.05, 3.63) is 35.9 Å². The molecule has 0 aliphatic rings. The first-order chi connectivity index (χ1) is 7.25. The van der Waals surface area contributed by atoms with E-state index in [9.17, 15) is 4.79 Å². The van der Waals surface area contributed by atoms with E-state index in [1.807, 2.05) is 37.3 Å². The molecule has 0 saturated heterocycles. The highest BCUT2D eigenvalue weighted by molar-refractivity contribution is 5.85. The molecule has 0 spiro atoms. The minimum Gasteiger partial charge on any atom is -0.464 e. The van der Waals surface area contributed by atoms with Crippen molar-refractivity contribution in [3.63, 3.8) is 0 Å². The van der Waals surface area contributed by atoms with Gasteiger partial charge in [-0.2, -0.15) is 0 Å². The molecular formula is C12H18ClNO2. The molecule has 1 unspecified atom stereocenters. The first-order valence-corrected chi connectivity index (χ1v) is 5.23. The Morgan fingerprint density at radius 3 is 2.56 bits per heavy atom. The molecule has 1 aromatic rings. The van der Waals surface area contributed by atoms with Crippen LogP contribution in [-0.4, -0.2) is 12.6 Å². The smallest absolute Gasteiger partial charge is 0.327 e. The van der Waals surface area contributed by atoms with Crippen LogP contribution in [0.4, 0.5) is 0 Å². The van der Waals surface area contributed by atoms with Crippen molar-refractivity contribution < 1.29 is 9.53 Å². The highest BCUT2D eigenvalue weighted by Gasteiger charge is 2.16. The third kappa shape index (κ3) is 4.64. The zero-order valence-corrected chi connectivity index (χ0v) is 10.2. The second kappa shape index (κ2) is 8.13. The van der Waals surface area contributed by atoms with Gasteiger partial charge in [-0.05, 0) is 12.0 Å². The number of nitrogens with two attached hydrogens (primary N) is 1. The van der Waals surface area contributed by atoms with Crippen LogP contribution < -0.4 is 5.73 Å². The molecule has 0 aliphatic heterocycles. The van der Waals surface area contributed by atoms with Crippen LogP contribution in [0.3, 0.4) is 0 Å². The summed E-state index contributed by atoms with van der Waals surface area (Å²) in [5, 5.41) is 0. The van der Waals surface area contributed by atoms with E-state index < -0.39 is 6.04 Å². The maximum Gasteiger partial charge on any atom is 0.327 e. The molecule has 0 heterocycles. The Morgan fingerprint density at radius 1 is 1.38 bits per heavy atom. The molecule has 0 aromatic heterocycles. The van der Waals surface area contributed by atoms with Crippen LogP contribution in [0, 0.1) is 0 Å². The normalized spacial score (nSPS) is 11.4. The van der Waals surface area contributed by atoms with Gasteiger partial charge >= 0.3 is 5.97 Å². The molecule has 0 aliphatic carbocycles. The van der Waals surface area contributed by atoms with E-state index in [-0.39, 0.29) is 18.4 Å². The summed E-state index contributed by atoms with van der Waals surface area (Å²) < 4.78 is 5.03. The highest BCUT2D eigenvalue weighted by atomic mass is 35.5. The zero-order valence-electron chi connectivity index (χ0n) is 9.39. The lowest BCUT2D eigenvalue weighted by atomic mass is 10.1. The number of unbranched alkanes of at least 4 members (excludes halogenated alkanes) is 1. The highest BCUT2D eigenvalue weighted by Crippen LogP contribution is 2.11. The van der Waals surface area contributed by atoms with Crippen LogP contribution in [0.1, 0.15) is 31.4 Å². The molecule has 2 N–H and O–H groups in total. The topological polar surface area (TPSA) is 52.3 Å². The number of carbonyl (C=O) groups is 1. The lowest BCUT2D eigenvalue weighted by molar-refractivity contribution is -0.145. The van der Waals surface area contributed by atoms with Gasteiger partial charge in [-0.3, -0.25) is 0 Å². The van der Waals surface area contributed by atoms with Gasteiger partial charge in [0.25, 0.3) is 0 Å². The Labute approximate surface area is 102 Å². The van der Waals surface area contributed by atoms with Crippen LogP contribution in [0.15, 0.2) is 30.3 Å². The Bertz CT molecular complexity index is 303. The third-order valence-electron chi connectivity index (χ3n) is 2.15. The van der Waals surface area contributed by atoms with Gasteiger partial charge in [0.15, 0.2) is 0 Å². The molecule has 1 aromatic carbocycles. The van der Waals surface area contributed by atoms with E-state index in [1.54, 1.807) is 0 Å². The molecule has 90 valence electrons. The number of ether oxygens (including phenoxy) is 1. The van der Waals surface area contributed by atoms with Crippen LogP contribution in [0.2, 0.25) is 0 Å². The fourth-order valence-electron chi connectivity index (χ4n) is 1.20. The monoisotopic (exact) mass is 243 g/mol. The molecule has 0 fully saturated rings. The summed E-state index contributed by atoms with van der Waals surface area (Å²) >= 11 is 0. The van der Waals surface area contributed by atoms with Crippen molar-refractivity contribution in [2.45, 2.75) is 25.8 Å². The standard InChI is InChI=1S/C12H17NO2.ClH/c1-2-3-9-15-12(14)11(13)10-7-5-4-6-8-10;/h4-8,11H,2-3,9,13H2,1H3;1H. The predicted octanol–water partition coefficient (Wildman–Crippen LogP) is 2.45. The number of carbonyl (C=O) groups excluding carboxylic acids is 1. The van der Waals surface area contributed by atoms with E-state index in [0.29, 0.717) is 6.61 Å². The van der Waals surface area contributed by atoms with Crippen LogP contribution >= 0.6 is 12.4 Å². The van der Waals surface area contributed by atoms with Gasteiger partial charge in [0.2, 0.25) is 0 Å². The lowest BCUT2D eigenvalue weighted by Crippen LogP contribution is -2.24. The van der Waals surface area contributed by atoms with E-state index in [2.05, 4.69) is 0 Å². The zero-order chi connectivity index (χ0) is 11.1. The second-order valence-corrected chi connectivity index (χ2v) is 3.41. The molecule has 0 amide bonds. The number of benzene rings is 1. The summed E-state index contributed by atoms with van der Waals surface area (Å²) in [7, 11) is 0. The van der Waals surface area contributed by atoms with Gasteiger partial charge in [0.1, 0.15) is 6.04 Å². The van der Waals surface area contributed by atoms with Crippen LogP contribution in [0.5, 0.6) is 0 Å². The van der Waals surface area contributed by atoms with Crippen molar-refractivity contribution in [1.82, 2.24) is 0 Å². The fourth-order valence-corrected chi connectivity index (χ4v) is 1.20. The van der Waals surface area contributed by atoms with Gasteiger partial charge in [-0.1, -0.05) is 43.7 Å². The number of halogens is 1.